The molecule has 6 nitrogen and oxygen atoms in total. The number of carbonyl (C=O) groups is 1. The molecule has 1 amide bonds. The number of carbonyl (C=O) groups excluding carboxylic acids is 1. The molecule has 164 valence electrons. The Morgan fingerprint density at radius 3 is 2.65 bits per heavy atom. The van der Waals surface area contributed by atoms with Crippen molar-refractivity contribution in [1.29, 1.82) is 0 Å². The largest absolute Gasteiger partial charge is 0.373 e. The fourth-order valence-electron chi connectivity index (χ4n) is 3.75. The molecule has 4 rings (SSSR count). The zero-order chi connectivity index (χ0) is 22.0. The van der Waals surface area contributed by atoms with Crippen molar-refractivity contribution in [2.75, 3.05) is 18.4 Å². The van der Waals surface area contributed by atoms with E-state index in [9.17, 15) is 9.18 Å². The fourth-order valence-corrected chi connectivity index (χ4v) is 5.44. The number of hydrogen-bond donors (Lipinski definition) is 1. The van der Waals surface area contributed by atoms with Crippen LogP contribution in [0.1, 0.15) is 45.5 Å². The molecular weight excluding hydrogens is 435 g/mol. The molecule has 2 unspecified atom stereocenters. The van der Waals surface area contributed by atoms with Gasteiger partial charge >= 0.3 is 0 Å². The van der Waals surface area contributed by atoms with Crippen LogP contribution in [-0.2, 0) is 17.7 Å². The van der Waals surface area contributed by atoms with Crippen molar-refractivity contribution >= 4 is 33.7 Å². The summed E-state index contributed by atoms with van der Waals surface area (Å²) in [6.07, 6.45) is 0.983. The zero-order valence-corrected chi connectivity index (χ0v) is 19.4. The van der Waals surface area contributed by atoms with E-state index in [-0.39, 0.29) is 23.9 Å². The Balaban J connectivity index is 1.37. The van der Waals surface area contributed by atoms with Crippen LogP contribution in [0.15, 0.2) is 29.6 Å². The number of nitrogens with one attached hydrogen (secondary N) is 1. The highest BCUT2D eigenvalue weighted by atomic mass is 32.1. The molecule has 2 atom stereocenters. The van der Waals surface area contributed by atoms with Crippen LogP contribution in [0.5, 0.6) is 0 Å². The standard InChI is InChI=1S/C22H25FN4O2S2/c1-13-9-27(10-14(2)29-13)11-18-12-30-22(25-18)26-21(28)20-15(3)24-19(31-20)8-16-4-6-17(23)7-5-16/h4-7,12-14H,8-11H2,1-3H3,(H,25,26,28). The van der Waals surface area contributed by atoms with E-state index in [0.29, 0.717) is 22.1 Å². The summed E-state index contributed by atoms with van der Waals surface area (Å²) in [5, 5.41) is 6.30. The number of morpholine rings is 1. The third kappa shape index (κ3) is 5.74. The number of nitrogens with zero attached hydrogens (tertiary/aromatic N) is 3. The SMILES string of the molecule is Cc1nc(Cc2ccc(F)cc2)sc1C(=O)Nc1nc(CN2CC(C)OC(C)C2)cs1. The van der Waals surface area contributed by atoms with Gasteiger partial charge in [-0.05, 0) is 38.5 Å². The van der Waals surface area contributed by atoms with E-state index >= 15 is 0 Å². The summed E-state index contributed by atoms with van der Waals surface area (Å²) in [6, 6.07) is 6.33. The van der Waals surface area contributed by atoms with E-state index in [1.807, 2.05) is 12.3 Å². The number of ether oxygens (including phenoxy) is 1. The quantitative estimate of drug-likeness (QED) is 0.587. The first kappa shape index (κ1) is 22.0. The van der Waals surface area contributed by atoms with Crippen LogP contribution >= 0.6 is 22.7 Å². The van der Waals surface area contributed by atoms with Gasteiger partial charge in [0.15, 0.2) is 5.13 Å². The van der Waals surface area contributed by atoms with Crippen LogP contribution in [0.4, 0.5) is 9.52 Å². The predicted octanol–water partition coefficient (Wildman–Crippen LogP) is 4.50. The molecule has 3 aromatic rings. The molecule has 0 spiro atoms. The lowest BCUT2D eigenvalue weighted by Gasteiger charge is -2.34. The van der Waals surface area contributed by atoms with Gasteiger partial charge in [0.1, 0.15) is 10.7 Å². The second-order valence-corrected chi connectivity index (χ2v) is 9.82. The Bertz CT molecular complexity index is 1040. The molecular formula is C22H25FN4O2S2. The molecule has 0 saturated carbocycles. The van der Waals surface area contributed by atoms with Gasteiger partial charge in [-0.15, -0.1) is 22.7 Å². The molecule has 1 fully saturated rings. The molecule has 3 heterocycles. The average molecular weight is 461 g/mol. The normalized spacial score (nSPS) is 19.5. The summed E-state index contributed by atoms with van der Waals surface area (Å²) < 4.78 is 18.9. The van der Waals surface area contributed by atoms with Crippen LogP contribution in [0, 0.1) is 12.7 Å². The maximum absolute atomic E-state index is 13.1. The Morgan fingerprint density at radius 2 is 1.94 bits per heavy atom. The van der Waals surface area contributed by atoms with E-state index in [1.54, 1.807) is 12.1 Å². The number of hydrogen-bond acceptors (Lipinski definition) is 7. The van der Waals surface area contributed by atoms with Gasteiger partial charge in [-0.3, -0.25) is 15.0 Å². The van der Waals surface area contributed by atoms with Crippen molar-refractivity contribution in [1.82, 2.24) is 14.9 Å². The van der Waals surface area contributed by atoms with E-state index in [0.717, 1.165) is 35.9 Å². The molecule has 1 aliphatic heterocycles. The van der Waals surface area contributed by atoms with Crippen molar-refractivity contribution in [2.24, 2.45) is 0 Å². The Morgan fingerprint density at radius 1 is 1.23 bits per heavy atom. The zero-order valence-electron chi connectivity index (χ0n) is 17.7. The van der Waals surface area contributed by atoms with Crippen molar-refractivity contribution in [3.8, 4) is 0 Å². The minimum atomic E-state index is -0.264. The van der Waals surface area contributed by atoms with E-state index < -0.39 is 0 Å². The smallest absolute Gasteiger partial charge is 0.269 e. The predicted molar refractivity (Wildman–Crippen MR) is 121 cm³/mol. The van der Waals surface area contributed by atoms with Crippen molar-refractivity contribution in [2.45, 2.75) is 45.9 Å². The lowest BCUT2D eigenvalue weighted by atomic mass is 10.1. The van der Waals surface area contributed by atoms with Gasteiger partial charge in [0.05, 0.1) is 28.6 Å². The second-order valence-electron chi connectivity index (χ2n) is 7.87. The lowest BCUT2D eigenvalue weighted by molar-refractivity contribution is -0.0707. The van der Waals surface area contributed by atoms with E-state index in [1.165, 1.54) is 34.8 Å². The van der Waals surface area contributed by atoms with Crippen LogP contribution in [-0.4, -0.2) is 46.1 Å². The molecule has 0 bridgehead atoms. The summed E-state index contributed by atoms with van der Waals surface area (Å²) in [5.74, 6) is -0.463. The number of halogens is 1. The summed E-state index contributed by atoms with van der Waals surface area (Å²) in [4.78, 5) is 24.8. The van der Waals surface area contributed by atoms with Crippen molar-refractivity contribution in [3.05, 3.63) is 62.3 Å². The van der Waals surface area contributed by atoms with Crippen LogP contribution in [0.2, 0.25) is 0 Å². The maximum Gasteiger partial charge on any atom is 0.269 e. The Hall–Kier alpha value is -2.20. The highest BCUT2D eigenvalue weighted by molar-refractivity contribution is 7.15. The van der Waals surface area contributed by atoms with Gasteiger partial charge in [0.25, 0.3) is 5.91 Å². The first-order chi connectivity index (χ1) is 14.9. The van der Waals surface area contributed by atoms with Crippen LogP contribution in [0.25, 0.3) is 0 Å². The molecule has 0 radical (unpaired) electrons. The molecule has 1 aromatic carbocycles. The number of thiazole rings is 2. The Kier molecular flexibility index (Phi) is 6.76. The monoisotopic (exact) mass is 460 g/mol. The van der Waals surface area contributed by atoms with Gasteiger partial charge in [-0.2, -0.15) is 0 Å². The van der Waals surface area contributed by atoms with Gasteiger partial charge in [0, 0.05) is 31.4 Å². The summed E-state index contributed by atoms with van der Waals surface area (Å²) in [7, 11) is 0. The fraction of sp³-hybridized carbons (Fsp3) is 0.409. The number of aromatic nitrogens is 2. The molecule has 2 aromatic heterocycles. The second kappa shape index (κ2) is 9.52. The molecule has 1 N–H and O–H groups in total. The van der Waals surface area contributed by atoms with Gasteiger partial charge in [-0.1, -0.05) is 12.1 Å². The topological polar surface area (TPSA) is 67.4 Å². The Labute approximate surface area is 189 Å². The third-order valence-corrected chi connectivity index (χ3v) is 6.93. The molecule has 9 heteroatoms. The number of anilines is 1. The van der Waals surface area contributed by atoms with Crippen LogP contribution < -0.4 is 5.32 Å². The van der Waals surface area contributed by atoms with Gasteiger partial charge in [-0.25, -0.2) is 14.4 Å². The first-order valence-corrected chi connectivity index (χ1v) is 11.9. The van der Waals surface area contributed by atoms with Gasteiger partial charge < -0.3 is 4.74 Å². The number of rotatable bonds is 6. The minimum Gasteiger partial charge on any atom is -0.373 e. The number of aryl methyl sites for hydroxylation is 1. The highest BCUT2D eigenvalue weighted by Gasteiger charge is 2.23. The van der Waals surface area contributed by atoms with Crippen molar-refractivity contribution < 1.29 is 13.9 Å². The van der Waals surface area contributed by atoms with Crippen molar-refractivity contribution in [3.63, 3.8) is 0 Å². The van der Waals surface area contributed by atoms with Crippen LogP contribution in [0.3, 0.4) is 0 Å². The summed E-state index contributed by atoms with van der Waals surface area (Å²) >= 11 is 2.79. The van der Waals surface area contributed by atoms with Gasteiger partial charge in [0.2, 0.25) is 0 Å². The van der Waals surface area contributed by atoms with E-state index in [4.69, 9.17) is 4.74 Å². The number of amides is 1. The molecule has 1 aliphatic rings. The van der Waals surface area contributed by atoms with E-state index in [2.05, 4.69) is 34.0 Å². The lowest BCUT2D eigenvalue weighted by Crippen LogP contribution is -2.44. The molecule has 31 heavy (non-hydrogen) atoms. The molecule has 1 saturated heterocycles. The minimum absolute atomic E-state index is 0.199. The summed E-state index contributed by atoms with van der Waals surface area (Å²) in [6.45, 7) is 8.48. The number of benzene rings is 1. The highest BCUT2D eigenvalue weighted by Crippen LogP contribution is 2.24. The summed E-state index contributed by atoms with van der Waals surface area (Å²) in [5.41, 5.74) is 2.59. The average Bonchev–Trinajstić information content (AvgIpc) is 3.28. The third-order valence-electron chi connectivity index (χ3n) is 4.97. The first-order valence-electron chi connectivity index (χ1n) is 10.2. The molecule has 0 aliphatic carbocycles. The maximum atomic E-state index is 13.1.